The number of amides is 1. The molecular weight excluding hydrogens is 283 g/mol. The Morgan fingerprint density at radius 3 is 2.62 bits per heavy atom. The number of hydrogen-bond donors (Lipinski definition) is 3. The summed E-state index contributed by atoms with van der Waals surface area (Å²) in [5, 5.41) is 10.3. The molecule has 0 aromatic heterocycles. The quantitative estimate of drug-likeness (QED) is 0.314. The van der Waals surface area contributed by atoms with E-state index >= 15 is 0 Å². The van der Waals surface area contributed by atoms with Gasteiger partial charge in [-0.3, -0.25) is 0 Å². The molecule has 0 aromatic rings. The summed E-state index contributed by atoms with van der Waals surface area (Å²) in [5.41, 5.74) is 4.03. The van der Waals surface area contributed by atoms with Crippen molar-refractivity contribution in [2.24, 2.45) is 5.73 Å². The van der Waals surface area contributed by atoms with Gasteiger partial charge in [0, 0.05) is 3.92 Å². The highest BCUT2D eigenvalue weighted by molar-refractivity contribution is 14.1. The number of alkyl halides is 1. The van der Waals surface area contributed by atoms with Crippen LogP contribution in [-0.4, -0.2) is 28.2 Å². The van der Waals surface area contributed by atoms with Gasteiger partial charge in [0.2, 0.25) is 0 Å². The maximum atomic E-state index is 8.78. The standard InChI is InChI=1S/C7H12IN.CH3NO2/c1-3-5-9-6-4-7(2)8;2-1(3)4/h1,7,9H,4-6H2,2H3;2H2,(H,3,4). The number of rotatable bonds is 4. The Kier molecular flexibility index (Phi) is 13.3. The topological polar surface area (TPSA) is 75.3 Å². The smallest absolute Gasteiger partial charge is 0.402 e. The fourth-order valence-corrected chi connectivity index (χ4v) is 0.773. The lowest BCUT2D eigenvalue weighted by Crippen LogP contribution is -2.17. The maximum Gasteiger partial charge on any atom is 0.402 e. The third-order valence-electron chi connectivity index (χ3n) is 0.946. The molecule has 4 nitrogen and oxygen atoms in total. The predicted octanol–water partition coefficient (Wildman–Crippen LogP) is 1.05. The van der Waals surface area contributed by atoms with Crippen molar-refractivity contribution in [2.75, 3.05) is 13.1 Å². The summed E-state index contributed by atoms with van der Waals surface area (Å²) >= 11 is 2.40. The van der Waals surface area contributed by atoms with E-state index in [1.165, 1.54) is 6.42 Å². The molecule has 0 aliphatic carbocycles. The molecule has 1 unspecified atom stereocenters. The second-order valence-electron chi connectivity index (χ2n) is 2.29. The predicted molar refractivity (Wildman–Crippen MR) is 62.0 cm³/mol. The molecule has 0 saturated heterocycles. The van der Waals surface area contributed by atoms with Crippen molar-refractivity contribution in [2.45, 2.75) is 17.3 Å². The van der Waals surface area contributed by atoms with Crippen molar-refractivity contribution in [3.05, 3.63) is 0 Å². The zero-order valence-corrected chi connectivity index (χ0v) is 9.74. The molecule has 1 amide bonds. The van der Waals surface area contributed by atoms with Crippen LogP contribution in [0.2, 0.25) is 0 Å². The molecule has 0 bridgehead atoms. The molecular formula is C8H15IN2O2. The SMILES string of the molecule is C#CCNCCC(C)I.NC(=O)O. The summed E-state index contributed by atoms with van der Waals surface area (Å²) in [7, 11) is 0. The monoisotopic (exact) mass is 298 g/mol. The molecule has 0 saturated carbocycles. The summed E-state index contributed by atoms with van der Waals surface area (Å²) in [6.07, 6.45) is 4.89. The van der Waals surface area contributed by atoms with Crippen molar-refractivity contribution in [1.82, 2.24) is 5.32 Å². The molecule has 0 fully saturated rings. The summed E-state index contributed by atoms with van der Waals surface area (Å²) in [5.74, 6) is 2.53. The Morgan fingerprint density at radius 1 is 1.85 bits per heavy atom. The lowest BCUT2D eigenvalue weighted by molar-refractivity contribution is 0.205. The van der Waals surface area contributed by atoms with Gasteiger partial charge < -0.3 is 16.2 Å². The number of hydrogen-bond acceptors (Lipinski definition) is 2. The lowest BCUT2D eigenvalue weighted by Gasteiger charge is -2.01. The van der Waals surface area contributed by atoms with Crippen molar-refractivity contribution < 1.29 is 9.90 Å². The lowest BCUT2D eigenvalue weighted by atomic mass is 10.3. The van der Waals surface area contributed by atoms with Crippen LogP contribution in [0.5, 0.6) is 0 Å². The fraction of sp³-hybridized carbons (Fsp3) is 0.625. The summed E-state index contributed by atoms with van der Waals surface area (Å²) in [4.78, 5) is 8.78. The van der Waals surface area contributed by atoms with Gasteiger partial charge in [-0.1, -0.05) is 35.4 Å². The average Bonchev–Trinajstić information content (AvgIpc) is 1.97. The van der Waals surface area contributed by atoms with Crippen LogP contribution in [0.1, 0.15) is 13.3 Å². The largest absolute Gasteiger partial charge is 0.465 e. The van der Waals surface area contributed by atoms with E-state index in [0.717, 1.165) is 10.5 Å². The number of primary amides is 1. The zero-order valence-electron chi connectivity index (χ0n) is 7.59. The highest BCUT2D eigenvalue weighted by atomic mass is 127. The van der Waals surface area contributed by atoms with E-state index in [1.807, 2.05) is 0 Å². The second kappa shape index (κ2) is 11.5. The van der Waals surface area contributed by atoms with Crippen LogP contribution >= 0.6 is 22.6 Å². The van der Waals surface area contributed by atoms with E-state index in [1.54, 1.807) is 0 Å². The molecule has 5 heteroatoms. The normalized spacial score (nSPS) is 10.5. The Bertz CT molecular complexity index is 162. The highest BCUT2D eigenvalue weighted by Crippen LogP contribution is 2.01. The van der Waals surface area contributed by atoms with E-state index in [9.17, 15) is 0 Å². The Labute approximate surface area is 92.4 Å². The maximum absolute atomic E-state index is 8.78. The van der Waals surface area contributed by atoms with Gasteiger partial charge in [-0.05, 0) is 13.0 Å². The molecule has 0 rings (SSSR count). The minimum Gasteiger partial charge on any atom is -0.465 e. The zero-order chi connectivity index (χ0) is 10.7. The van der Waals surface area contributed by atoms with Crippen LogP contribution in [0.25, 0.3) is 0 Å². The molecule has 76 valence electrons. The first-order chi connectivity index (χ1) is 6.00. The van der Waals surface area contributed by atoms with Gasteiger partial charge in [0.25, 0.3) is 0 Å². The van der Waals surface area contributed by atoms with Gasteiger partial charge >= 0.3 is 6.09 Å². The Hall–Kier alpha value is -0.480. The third-order valence-corrected chi connectivity index (χ3v) is 1.57. The van der Waals surface area contributed by atoms with E-state index in [0.29, 0.717) is 6.54 Å². The number of nitrogens with two attached hydrogens (primary N) is 1. The summed E-state index contributed by atoms with van der Waals surface area (Å²) in [6.45, 7) is 3.93. The number of terminal acetylenes is 1. The number of carbonyl (C=O) groups is 1. The molecule has 13 heavy (non-hydrogen) atoms. The fourth-order valence-electron chi connectivity index (χ4n) is 0.462. The molecule has 4 N–H and O–H groups in total. The van der Waals surface area contributed by atoms with E-state index in [2.05, 4.69) is 46.5 Å². The van der Waals surface area contributed by atoms with Gasteiger partial charge in [-0.25, -0.2) is 4.79 Å². The Balaban J connectivity index is 0. The minimum atomic E-state index is -1.33. The van der Waals surface area contributed by atoms with Crippen molar-refractivity contribution in [3.63, 3.8) is 0 Å². The van der Waals surface area contributed by atoms with Gasteiger partial charge in [0.15, 0.2) is 0 Å². The molecule has 0 aliphatic rings. The van der Waals surface area contributed by atoms with E-state index in [4.69, 9.17) is 16.3 Å². The van der Waals surface area contributed by atoms with E-state index < -0.39 is 6.09 Å². The van der Waals surface area contributed by atoms with Crippen LogP contribution < -0.4 is 11.1 Å². The minimum absolute atomic E-state index is 0.698. The molecule has 0 heterocycles. The van der Waals surface area contributed by atoms with Crippen LogP contribution in [0.4, 0.5) is 4.79 Å². The van der Waals surface area contributed by atoms with Gasteiger partial charge in [0.05, 0.1) is 6.54 Å². The van der Waals surface area contributed by atoms with Gasteiger partial charge in [0.1, 0.15) is 0 Å². The first-order valence-electron chi connectivity index (χ1n) is 3.77. The molecule has 1 atom stereocenters. The molecule has 0 spiro atoms. The first kappa shape index (κ1) is 15.0. The van der Waals surface area contributed by atoms with Crippen molar-refractivity contribution in [1.29, 1.82) is 0 Å². The Morgan fingerprint density at radius 2 is 2.31 bits per heavy atom. The number of halogens is 1. The summed E-state index contributed by atoms with van der Waals surface area (Å²) < 4.78 is 0.743. The number of nitrogens with one attached hydrogen (secondary N) is 1. The molecule has 0 radical (unpaired) electrons. The van der Waals surface area contributed by atoms with Gasteiger partial charge in [-0.15, -0.1) is 6.42 Å². The molecule has 0 aromatic carbocycles. The summed E-state index contributed by atoms with van der Waals surface area (Å²) in [6, 6.07) is 0. The highest BCUT2D eigenvalue weighted by Gasteiger charge is 1.91. The average molecular weight is 298 g/mol. The first-order valence-corrected chi connectivity index (χ1v) is 5.02. The van der Waals surface area contributed by atoms with Gasteiger partial charge in [-0.2, -0.15) is 0 Å². The second-order valence-corrected chi connectivity index (χ2v) is 4.42. The third kappa shape index (κ3) is 34.3. The van der Waals surface area contributed by atoms with E-state index in [-0.39, 0.29) is 0 Å². The van der Waals surface area contributed by atoms with Crippen molar-refractivity contribution >= 4 is 28.7 Å². The number of carboxylic acid groups (broad SMARTS) is 1. The van der Waals surface area contributed by atoms with Crippen LogP contribution in [-0.2, 0) is 0 Å². The molecule has 0 aliphatic heterocycles. The van der Waals surface area contributed by atoms with Crippen molar-refractivity contribution in [3.8, 4) is 12.3 Å². The van der Waals surface area contributed by atoms with Crippen LogP contribution in [0.15, 0.2) is 0 Å². The van der Waals surface area contributed by atoms with Crippen LogP contribution in [0, 0.1) is 12.3 Å². The van der Waals surface area contributed by atoms with Crippen LogP contribution in [0.3, 0.4) is 0 Å².